The molecule has 4 nitrogen and oxygen atoms in total. The number of unbranched alkanes of at least 4 members (excludes halogenated alkanes) is 5. The molecular formula is C29H55NO3Si. The molecule has 0 aliphatic carbocycles. The van der Waals surface area contributed by atoms with Gasteiger partial charge in [-0.2, -0.15) is 0 Å². The monoisotopic (exact) mass is 493 g/mol. The van der Waals surface area contributed by atoms with Crippen LogP contribution in [0, 0.1) is 5.92 Å². The SMILES string of the molecule is CCCCCCCCC(CCCN(Cc1ccccc1)[Si](C)(C)C(C)(C)C)C(OC)(OC)OC. The summed E-state index contributed by atoms with van der Waals surface area (Å²) in [5, 5.41) is 0.301. The highest BCUT2D eigenvalue weighted by Crippen LogP contribution is 2.39. The van der Waals surface area contributed by atoms with Crippen LogP contribution < -0.4 is 0 Å². The maximum absolute atomic E-state index is 5.82. The van der Waals surface area contributed by atoms with E-state index in [1.165, 1.54) is 44.1 Å². The van der Waals surface area contributed by atoms with Crippen LogP contribution in [0.25, 0.3) is 0 Å². The number of nitrogens with zero attached hydrogens (tertiary/aromatic N) is 1. The van der Waals surface area contributed by atoms with Crippen molar-refractivity contribution >= 4 is 8.24 Å². The first kappa shape index (κ1) is 31.3. The molecule has 1 rings (SSSR count). The Labute approximate surface area is 212 Å². The second-order valence-corrected chi connectivity index (χ2v) is 16.6. The third-order valence-electron chi connectivity index (χ3n) is 8.08. The minimum absolute atomic E-state index is 0.219. The maximum atomic E-state index is 5.82. The quantitative estimate of drug-likeness (QED) is 0.117. The smallest absolute Gasteiger partial charge is 0.285 e. The molecule has 0 bridgehead atoms. The Kier molecular flexibility index (Phi) is 14.2. The fourth-order valence-corrected chi connectivity index (χ4v) is 7.03. The molecule has 0 amide bonds. The fraction of sp³-hybridized carbons (Fsp3) is 0.793. The minimum atomic E-state index is -1.66. The molecule has 1 aromatic carbocycles. The topological polar surface area (TPSA) is 30.9 Å². The standard InChI is InChI=1S/C29H55NO3Si/c1-10-11-12-13-14-18-22-27(29(31-5,32-6)33-7)23-19-24-30(34(8,9)28(2,3)4)25-26-20-16-15-17-21-26/h15-17,20-21,27H,10-14,18-19,22-25H2,1-9H3. The summed E-state index contributed by atoms with van der Waals surface area (Å²) in [4.78, 5) is 0. The summed E-state index contributed by atoms with van der Waals surface area (Å²) in [5.74, 6) is -0.735. The lowest BCUT2D eigenvalue weighted by atomic mass is 9.93. The number of benzene rings is 1. The maximum Gasteiger partial charge on any atom is 0.285 e. The van der Waals surface area contributed by atoms with Crippen LogP contribution in [-0.2, 0) is 20.8 Å². The Morgan fingerprint density at radius 3 is 1.85 bits per heavy atom. The lowest BCUT2D eigenvalue weighted by Crippen LogP contribution is -2.55. The largest absolute Gasteiger partial charge is 0.331 e. The van der Waals surface area contributed by atoms with Gasteiger partial charge in [0.2, 0.25) is 0 Å². The van der Waals surface area contributed by atoms with Crippen molar-refractivity contribution in [2.75, 3.05) is 27.9 Å². The van der Waals surface area contributed by atoms with E-state index in [0.29, 0.717) is 5.04 Å². The first-order valence-electron chi connectivity index (χ1n) is 13.5. The Morgan fingerprint density at radius 1 is 0.794 bits per heavy atom. The van der Waals surface area contributed by atoms with Crippen LogP contribution in [-0.4, -0.2) is 46.6 Å². The Balaban J connectivity index is 2.90. The molecule has 0 heterocycles. The zero-order chi connectivity index (χ0) is 25.7. The van der Waals surface area contributed by atoms with E-state index in [2.05, 4.69) is 75.7 Å². The number of ether oxygens (including phenoxy) is 3. The predicted octanol–water partition coefficient (Wildman–Crippen LogP) is 8.23. The molecule has 0 fully saturated rings. The molecule has 0 saturated carbocycles. The second kappa shape index (κ2) is 15.4. The molecule has 1 atom stereocenters. The van der Waals surface area contributed by atoms with Gasteiger partial charge in [-0.05, 0) is 36.4 Å². The van der Waals surface area contributed by atoms with E-state index in [4.69, 9.17) is 14.2 Å². The lowest BCUT2D eigenvalue weighted by molar-refractivity contribution is -0.380. The molecule has 34 heavy (non-hydrogen) atoms. The second-order valence-electron chi connectivity index (χ2n) is 11.3. The summed E-state index contributed by atoms with van der Waals surface area (Å²) < 4.78 is 20.2. The summed E-state index contributed by atoms with van der Waals surface area (Å²) in [7, 11) is 3.46. The number of hydrogen-bond acceptors (Lipinski definition) is 4. The van der Waals surface area contributed by atoms with Crippen LogP contribution in [0.1, 0.15) is 91.0 Å². The van der Waals surface area contributed by atoms with Crippen LogP contribution in [0.3, 0.4) is 0 Å². The molecule has 0 aliphatic rings. The van der Waals surface area contributed by atoms with E-state index >= 15 is 0 Å². The van der Waals surface area contributed by atoms with Crippen molar-refractivity contribution in [3.8, 4) is 0 Å². The van der Waals surface area contributed by atoms with Gasteiger partial charge in [0.25, 0.3) is 5.97 Å². The minimum Gasteiger partial charge on any atom is -0.331 e. The van der Waals surface area contributed by atoms with Crippen LogP contribution in [0.5, 0.6) is 0 Å². The van der Waals surface area contributed by atoms with E-state index in [1.54, 1.807) is 21.3 Å². The van der Waals surface area contributed by atoms with Crippen LogP contribution in [0.15, 0.2) is 30.3 Å². The Morgan fingerprint density at radius 2 is 1.32 bits per heavy atom. The Hall–Kier alpha value is -0.723. The summed E-state index contributed by atoms with van der Waals surface area (Å²) in [6.07, 6.45) is 11.0. The van der Waals surface area contributed by atoms with Crippen molar-refractivity contribution in [1.82, 2.24) is 4.57 Å². The van der Waals surface area contributed by atoms with Crippen LogP contribution in [0.4, 0.5) is 0 Å². The molecule has 198 valence electrons. The lowest BCUT2D eigenvalue weighted by Gasteiger charge is -2.46. The fourth-order valence-electron chi connectivity index (χ4n) is 4.78. The van der Waals surface area contributed by atoms with Gasteiger partial charge in [-0.3, -0.25) is 0 Å². The summed E-state index contributed by atoms with van der Waals surface area (Å²) in [6, 6.07) is 10.9. The molecule has 1 unspecified atom stereocenters. The molecule has 0 aliphatic heterocycles. The molecule has 5 heteroatoms. The van der Waals surface area contributed by atoms with Gasteiger partial charge >= 0.3 is 0 Å². The first-order valence-corrected chi connectivity index (χ1v) is 16.5. The van der Waals surface area contributed by atoms with Gasteiger partial charge in [-0.1, -0.05) is 110 Å². The van der Waals surface area contributed by atoms with Gasteiger partial charge in [0.15, 0.2) is 0 Å². The average molecular weight is 494 g/mol. The highest BCUT2D eigenvalue weighted by Gasteiger charge is 2.42. The molecule has 0 N–H and O–H groups in total. The van der Waals surface area contributed by atoms with Crippen molar-refractivity contribution < 1.29 is 14.2 Å². The molecule has 0 radical (unpaired) electrons. The van der Waals surface area contributed by atoms with E-state index < -0.39 is 14.2 Å². The zero-order valence-corrected chi connectivity index (χ0v) is 24.9. The van der Waals surface area contributed by atoms with Gasteiger partial charge in [-0.15, -0.1) is 0 Å². The molecule has 1 aromatic rings. The third kappa shape index (κ3) is 9.38. The van der Waals surface area contributed by atoms with E-state index in [-0.39, 0.29) is 5.92 Å². The molecule has 0 aromatic heterocycles. The highest BCUT2D eigenvalue weighted by atomic mass is 28.3. The summed E-state index contributed by atoms with van der Waals surface area (Å²) in [5.41, 5.74) is 1.40. The predicted molar refractivity (Wildman–Crippen MR) is 149 cm³/mol. The van der Waals surface area contributed by atoms with Crippen LogP contribution >= 0.6 is 0 Å². The number of methoxy groups -OCH3 is 3. The van der Waals surface area contributed by atoms with E-state index in [1.807, 2.05) is 0 Å². The van der Waals surface area contributed by atoms with Gasteiger partial charge < -0.3 is 18.8 Å². The average Bonchev–Trinajstić information content (AvgIpc) is 2.81. The van der Waals surface area contributed by atoms with Gasteiger partial charge in [0.1, 0.15) is 8.24 Å². The van der Waals surface area contributed by atoms with E-state index in [0.717, 1.165) is 32.4 Å². The van der Waals surface area contributed by atoms with Gasteiger partial charge in [-0.25, -0.2) is 0 Å². The van der Waals surface area contributed by atoms with Crippen molar-refractivity contribution in [2.45, 2.75) is 116 Å². The van der Waals surface area contributed by atoms with Crippen molar-refractivity contribution in [3.05, 3.63) is 35.9 Å². The zero-order valence-electron chi connectivity index (χ0n) is 23.9. The third-order valence-corrected chi connectivity index (χ3v) is 13.7. The normalized spacial score (nSPS) is 14.1. The molecule has 0 saturated heterocycles. The summed E-state index contributed by atoms with van der Waals surface area (Å²) in [6.45, 7) is 16.6. The van der Waals surface area contributed by atoms with Crippen molar-refractivity contribution in [3.63, 3.8) is 0 Å². The summed E-state index contributed by atoms with van der Waals surface area (Å²) >= 11 is 0. The molecular weight excluding hydrogens is 438 g/mol. The van der Waals surface area contributed by atoms with Gasteiger partial charge in [0.05, 0.1) is 0 Å². The number of hydrogen-bond donors (Lipinski definition) is 0. The van der Waals surface area contributed by atoms with Crippen LogP contribution in [0.2, 0.25) is 18.1 Å². The highest BCUT2D eigenvalue weighted by molar-refractivity contribution is 6.77. The van der Waals surface area contributed by atoms with Gasteiger partial charge in [0, 0.05) is 33.8 Å². The van der Waals surface area contributed by atoms with Crippen molar-refractivity contribution in [1.29, 1.82) is 0 Å². The Bertz CT molecular complexity index is 632. The van der Waals surface area contributed by atoms with E-state index in [9.17, 15) is 0 Å². The first-order chi connectivity index (χ1) is 16.1. The van der Waals surface area contributed by atoms with Crippen molar-refractivity contribution in [2.24, 2.45) is 5.92 Å². The molecule has 0 spiro atoms. The number of rotatable bonds is 18.